The SMILES string of the molecule is C[C@H]1CCCN(CCCOc2ccccc2CN2CC(O)C2)C1. The van der Waals surface area contributed by atoms with E-state index in [-0.39, 0.29) is 6.10 Å². The van der Waals surface area contributed by atoms with Crippen molar-refractivity contribution in [2.75, 3.05) is 39.3 Å². The number of nitrogens with zero attached hydrogens (tertiary/aromatic N) is 2. The van der Waals surface area contributed by atoms with Crippen molar-refractivity contribution in [1.29, 1.82) is 0 Å². The Balaban J connectivity index is 1.41. The molecule has 0 aliphatic carbocycles. The van der Waals surface area contributed by atoms with Gasteiger partial charge < -0.3 is 14.7 Å². The van der Waals surface area contributed by atoms with E-state index in [2.05, 4.69) is 34.9 Å². The van der Waals surface area contributed by atoms with Gasteiger partial charge in [0.15, 0.2) is 0 Å². The van der Waals surface area contributed by atoms with E-state index in [4.69, 9.17) is 4.74 Å². The smallest absolute Gasteiger partial charge is 0.123 e. The minimum Gasteiger partial charge on any atom is -0.493 e. The lowest BCUT2D eigenvalue weighted by atomic mass is 10.0. The van der Waals surface area contributed by atoms with Crippen molar-refractivity contribution >= 4 is 0 Å². The molecule has 2 aliphatic rings. The third kappa shape index (κ3) is 4.93. The van der Waals surface area contributed by atoms with E-state index in [1.165, 1.54) is 31.5 Å². The van der Waals surface area contributed by atoms with Crippen LogP contribution in [0.25, 0.3) is 0 Å². The second-order valence-electron chi connectivity index (χ2n) is 7.21. The standard InChI is InChI=1S/C19H30N2O2/c1-16-6-4-9-20(12-16)10-5-11-23-19-8-3-2-7-17(19)13-21-14-18(22)15-21/h2-3,7-8,16,18,22H,4-6,9-15H2,1H3/t16-/m0/s1. The minimum atomic E-state index is -0.144. The van der Waals surface area contributed by atoms with E-state index in [0.717, 1.165) is 50.9 Å². The Morgan fingerprint density at radius 3 is 2.78 bits per heavy atom. The average molecular weight is 318 g/mol. The van der Waals surface area contributed by atoms with Gasteiger partial charge in [-0.25, -0.2) is 0 Å². The molecule has 0 unspecified atom stereocenters. The van der Waals surface area contributed by atoms with E-state index in [1.54, 1.807) is 0 Å². The fourth-order valence-corrected chi connectivity index (χ4v) is 3.65. The highest BCUT2D eigenvalue weighted by molar-refractivity contribution is 5.33. The molecular formula is C19H30N2O2. The maximum Gasteiger partial charge on any atom is 0.123 e. The number of piperidine rings is 1. The van der Waals surface area contributed by atoms with E-state index < -0.39 is 0 Å². The van der Waals surface area contributed by atoms with Gasteiger partial charge in [0.05, 0.1) is 12.7 Å². The third-order valence-electron chi connectivity index (χ3n) is 4.92. The summed E-state index contributed by atoms with van der Waals surface area (Å²) < 4.78 is 6.04. The molecule has 1 aromatic carbocycles. The predicted molar refractivity (Wildman–Crippen MR) is 92.7 cm³/mol. The first kappa shape index (κ1) is 16.7. The number of hydrogen-bond acceptors (Lipinski definition) is 4. The highest BCUT2D eigenvalue weighted by Crippen LogP contribution is 2.22. The van der Waals surface area contributed by atoms with Gasteiger partial charge in [0, 0.05) is 38.3 Å². The maximum absolute atomic E-state index is 9.40. The van der Waals surface area contributed by atoms with Crippen LogP contribution in [0.5, 0.6) is 5.75 Å². The molecule has 2 aliphatic heterocycles. The fourth-order valence-electron chi connectivity index (χ4n) is 3.65. The number of ether oxygens (including phenoxy) is 1. The monoisotopic (exact) mass is 318 g/mol. The van der Waals surface area contributed by atoms with Crippen LogP contribution < -0.4 is 4.74 Å². The number of rotatable bonds is 7. The van der Waals surface area contributed by atoms with Gasteiger partial charge in [-0.2, -0.15) is 0 Å². The van der Waals surface area contributed by atoms with Gasteiger partial charge in [-0.15, -0.1) is 0 Å². The van der Waals surface area contributed by atoms with Gasteiger partial charge in [0.25, 0.3) is 0 Å². The highest BCUT2D eigenvalue weighted by Gasteiger charge is 2.24. The summed E-state index contributed by atoms with van der Waals surface area (Å²) in [6, 6.07) is 8.30. The summed E-state index contributed by atoms with van der Waals surface area (Å²) in [5.74, 6) is 1.85. The van der Waals surface area contributed by atoms with Gasteiger partial charge in [-0.3, -0.25) is 4.90 Å². The maximum atomic E-state index is 9.40. The Bertz CT molecular complexity index is 488. The number of aliphatic hydroxyl groups excluding tert-OH is 1. The zero-order valence-corrected chi connectivity index (χ0v) is 14.3. The van der Waals surface area contributed by atoms with Crippen LogP contribution in [0.15, 0.2) is 24.3 Å². The highest BCUT2D eigenvalue weighted by atomic mass is 16.5. The van der Waals surface area contributed by atoms with Crippen molar-refractivity contribution in [3.05, 3.63) is 29.8 Å². The molecule has 1 atom stereocenters. The molecule has 128 valence electrons. The molecule has 0 bridgehead atoms. The first-order valence-corrected chi connectivity index (χ1v) is 9.04. The first-order valence-electron chi connectivity index (χ1n) is 9.04. The van der Waals surface area contributed by atoms with E-state index in [0.29, 0.717) is 0 Å². The lowest BCUT2D eigenvalue weighted by molar-refractivity contribution is -0.00331. The Kier molecular flexibility index (Phi) is 5.92. The molecule has 2 fully saturated rings. The molecule has 4 nitrogen and oxygen atoms in total. The summed E-state index contributed by atoms with van der Waals surface area (Å²) in [4.78, 5) is 4.83. The number of benzene rings is 1. The molecular weight excluding hydrogens is 288 g/mol. The molecule has 0 amide bonds. The zero-order valence-electron chi connectivity index (χ0n) is 14.3. The Hall–Kier alpha value is -1.10. The Morgan fingerprint density at radius 1 is 1.17 bits per heavy atom. The summed E-state index contributed by atoms with van der Waals surface area (Å²) in [5, 5.41) is 9.40. The summed E-state index contributed by atoms with van der Waals surface area (Å²) in [6.45, 7) is 9.20. The van der Waals surface area contributed by atoms with Crippen LogP contribution in [0.2, 0.25) is 0 Å². The summed E-state index contributed by atoms with van der Waals surface area (Å²) in [6.07, 6.45) is 3.66. The third-order valence-corrected chi connectivity index (χ3v) is 4.92. The van der Waals surface area contributed by atoms with Crippen LogP contribution in [0.4, 0.5) is 0 Å². The van der Waals surface area contributed by atoms with Gasteiger partial charge in [0.1, 0.15) is 5.75 Å². The lowest BCUT2D eigenvalue weighted by Crippen LogP contribution is -2.49. The van der Waals surface area contributed by atoms with Crippen molar-refractivity contribution in [2.24, 2.45) is 5.92 Å². The number of hydrogen-bond donors (Lipinski definition) is 1. The average Bonchev–Trinajstić information content (AvgIpc) is 2.51. The summed E-state index contributed by atoms with van der Waals surface area (Å²) in [5.41, 5.74) is 1.23. The molecule has 1 aromatic rings. The lowest BCUT2D eigenvalue weighted by Gasteiger charge is -2.36. The molecule has 0 radical (unpaired) electrons. The molecule has 4 heteroatoms. The number of aliphatic hydroxyl groups is 1. The van der Waals surface area contributed by atoms with Crippen LogP contribution in [-0.4, -0.2) is 60.3 Å². The molecule has 3 rings (SSSR count). The van der Waals surface area contributed by atoms with Gasteiger partial charge in [-0.05, 0) is 37.8 Å². The normalized spacial score (nSPS) is 23.7. The van der Waals surface area contributed by atoms with Crippen molar-refractivity contribution in [3.8, 4) is 5.75 Å². The molecule has 2 heterocycles. The van der Waals surface area contributed by atoms with Crippen LogP contribution in [0, 0.1) is 5.92 Å². The quantitative estimate of drug-likeness (QED) is 0.783. The van der Waals surface area contributed by atoms with Crippen molar-refractivity contribution in [1.82, 2.24) is 9.80 Å². The minimum absolute atomic E-state index is 0.144. The molecule has 0 saturated carbocycles. The second-order valence-corrected chi connectivity index (χ2v) is 7.21. The topological polar surface area (TPSA) is 35.9 Å². The van der Waals surface area contributed by atoms with Crippen molar-refractivity contribution < 1.29 is 9.84 Å². The fraction of sp³-hybridized carbons (Fsp3) is 0.684. The zero-order chi connectivity index (χ0) is 16.1. The van der Waals surface area contributed by atoms with Gasteiger partial charge in [-0.1, -0.05) is 25.1 Å². The first-order chi connectivity index (χ1) is 11.2. The van der Waals surface area contributed by atoms with Gasteiger partial charge in [0.2, 0.25) is 0 Å². The Morgan fingerprint density at radius 2 is 2.00 bits per heavy atom. The van der Waals surface area contributed by atoms with E-state index in [9.17, 15) is 5.11 Å². The Labute approximate surface area is 140 Å². The molecule has 0 aromatic heterocycles. The van der Waals surface area contributed by atoms with Gasteiger partial charge >= 0.3 is 0 Å². The van der Waals surface area contributed by atoms with Crippen molar-refractivity contribution in [3.63, 3.8) is 0 Å². The van der Waals surface area contributed by atoms with Crippen molar-refractivity contribution in [2.45, 2.75) is 38.8 Å². The van der Waals surface area contributed by atoms with Crippen LogP contribution in [-0.2, 0) is 6.54 Å². The molecule has 0 spiro atoms. The van der Waals surface area contributed by atoms with E-state index in [1.807, 2.05) is 6.07 Å². The van der Waals surface area contributed by atoms with Crippen LogP contribution >= 0.6 is 0 Å². The predicted octanol–water partition coefficient (Wildman–Crippen LogP) is 2.36. The molecule has 2 saturated heterocycles. The van der Waals surface area contributed by atoms with Crippen LogP contribution in [0.3, 0.4) is 0 Å². The van der Waals surface area contributed by atoms with E-state index >= 15 is 0 Å². The van der Waals surface area contributed by atoms with Crippen LogP contribution in [0.1, 0.15) is 31.7 Å². The summed E-state index contributed by atoms with van der Waals surface area (Å²) >= 11 is 0. The molecule has 1 N–H and O–H groups in total. The second kappa shape index (κ2) is 8.13. The largest absolute Gasteiger partial charge is 0.493 e. The number of β-amino-alcohol motifs (C(OH)–C–C–N with tert-alkyl or cyclic N) is 1. The molecule has 23 heavy (non-hydrogen) atoms. The number of likely N-dealkylation sites (tertiary alicyclic amines) is 2. The summed E-state index contributed by atoms with van der Waals surface area (Å²) in [7, 11) is 0. The number of para-hydroxylation sites is 1.